The van der Waals surface area contributed by atoms with Gasteiger partial charge < -0.3 is 20.1 Å². The fraction of sp³-hybridized carbons (Fsp3) is 0.280. The fourth-order valence-corrected chi connectivity index (χ4v) is 3.72. The summed E-state index contributed by atoms with van der Waals surface area (Å²) in [5, 5.41) is 12.9. The molecule has 172 valence electrons. The molecule has 0 bridgehead atoms. The van der Waals surface area contributed by atoms with Crippen molar-refractivity contribution in [3.63, 3.8) is 0 Å². The number of benzene rings is 2. The van der Waals surface area contributed by atoms with E-state index in [1.165, 1.54) is 11.2 Å². The van der Waals surface area contributed by atoms with Gasteiger partial charge in [-0.2, -0.15) is 0 Å². The summed E-state index contributed by atoms with van der Waals surface area (Å²) in [6, 6.07) is 10.0. The van der Waals surface area contributed by atoms with Crippen LogP contribution in [0.2, 0.25) is 0 Å². The minimum atomic E-state index is -1.000. The number of carbonyl (C=O) groups excluding carboxylic acids is 1. The number of aryl methyl sites for hydroxylation is 3. The van der Waals surface area contributed by atoms with Crippen molar-refractivity contribution < 1.29 is 19.4 Å². The molecule has 8 heteroatoms. The molecule has 0 saturated heterocycles. The van der Waals surface area contributed by atoms with E-state index in [1.54, 1.807) is 44.6 Å². The van der Waals surface area contributed by atoms with E-state index in [1.807, 2.05) is 20.8 Å². The van der Waals surface area contributed by atoms with Crippen LogP contribution in [0.1, 0.15) is 22.3 Å². The molecule has 0 aliphatic heterocycles. The number of nitrogens with one attached hydrogen (secondary N) is 1. The van der Waals surface area contributed by atoms with E-state index in [9.17, 15) is 14.7 Å². The zero-order chi connectivity index (χ0) is 24.1. The van der Waals surface area contributed by atoms with Gasteiger partial charge in [0.05, 0.1) is 0 Å². The van der Waals surface area contributed by atoms with E-state index in [2.05, 4.69) is 27.4 Å². The highest BCUT2D eigenvalue weighted by molar-refractivity contribution is 5.83. The van der Waals surface area contributed by atoms with Gasteiger partial charge in [0.2, 0.25) is 0 Å². The van der Waals surface area contributed by atoms with Crippen molar-refractivity contribution in [2.45, 2.75) is 33.2 Å². The van der Waals surface area contributed by atoms with Crippen molar-refractivity contribution in [3.8, 4) is 16.9 Å². The number of ether oxygens (including phenoxy) is 1. The normalized spacial score (nSPS) is 11.5. The Kier molecular flexibility index (Phi) is 7.27. The quantitative estimate of drug-likeness (QED) is 0.557. The molecule has 3 rings (SSSR count). The summed E-state index contributed by atoms with van der Waals surface area (Å²) in [5.74, 6) is -0.148. The summed E-state index contributed by atoms with van der Waals surface area (Å²) >= 11 is 0. The number of carboxylic acid groups (broad SMARTS) is 1. The Morgan fingerprint density at radius 3 is 2.30 bits per heavy atom. The third-order valence-corrected chi connectivity index (χ3v) is 5.20. The predicted molar refractivity (Wildman–Crippen MR) is 127 cm³/mol. The highest BCUT2D eigenvalue weighted by Gasteiger charge is 2.21. The van der Waals surface area contributed by atoms with Gasteiger partial charge in [-0.3, -0.25) is 0 Å². The number of hydrogen-bond acceptors (Lipinski definition) is 6. The molecule has 1 amide bonds. The molecule has 1 aromatic heterocycles. The van der Waals surface area contributed by atoms with Crippen LogP contribution in [0.3, 0.4) is 0 Å². The monoisotopic (exact) mass is 448 g/mol. The second kappa shape index (κ2) is 10.1. The Morgan fingerprint density at radius 2 is 1.73 bits per heavy atom. The van der Waals surface area contributed by atoms with Gasteiger partial charge in [0, 0.05) is 32.3 Å². The Morgan fingerprint density at radius 1 is 1.09 bits per heavy atom. The Labute approximate surface area is 193 Å². The van der Waals surface area contributed by atoms with E-state index in [4.69, 9.17) is 4.74 Å². The highest BCUT2D eigenvalue weighted by Crippen LogP contribution is 2.32. The summed E-state index contributed by atoms with van der Waals surface area (Å²) in [7, 11) is 3.20. The van der Waals surface area contributed by atoms with E-state index >= 15 is 0 Å². The number of hydrogen-bond donors (Lipinski definition) is 2. The molecular weight excluding hydrogens is 420 g/mol. The molecule has 1 atom stereocenters. The maximum absolute atomic E-state index is 12.0. The van der Waals surface area contributed by atoms with Gasteiger partial charge >= 0.3 is 12.1 Å². The van der Waals surface area contributed by atoms with Crippen LogP contribution in [-0.2, 0) is 11.2 Å². The number of aromatic nitrogens is 2. The lowest BCUT2D eigenvalue weighted by atomic mass is 9.94. The predicted octanol–water partition coefficient (Wildman–Crippen LogP) is 4.24. The number of carboxylic acids is 1. The Balaban J connectivity index is 1.83. The van der Waals surface area contributed by atoms with E-state index in [0.29, 0.717) is 11.6 Å². The standard InChI is InChI=1S/C25H28N4O4/c1-15-10-16(2)22(17(3)11-15)20-13-26-14-27-23(20)28-21(24(30)31)12-18-6-8-19(9-7-18)33-25(32)29(4)5/h6-11,13-14,21H,12H2,1-5H3,(H,30,31)(H,26,27,28)/t21-/m0/s1. The molecule has 0 aliphatic rings. The first-order valence-electron chi connectivity index (χ1n) is 10.5. The first-order chi connectivity index (χ1) is 15.7. The lowest BCUT2D eigenvalue weighted by molar-refractivity contribution is -0.137. The number of aliphatic carboxylic acids is 1. The molecule has 8 nitrogen and oxygen atoms in total. The van der Waals surface area contributed by atoms with E-state index in [-0.39, 0.29) is 6.42 Å². The Hall–Kier alpha value is -3.94. The van der Waals surface area contributed by atoms with E-state index in [0.717, 1.165) is 33.4 Å². The molecule has 3 aromatic rings. The van der Waals surface area contributed by atoms with Gasteiger partial charge in [0.15, 0.2) is 0 Å². The third kappa shape index (κ3) is 5.85. The molecule has 2 N–H and O–H groups in total. The summed E-state index contributed by atoms with van der Waals surface area (Å²) in [6.07, 6.45) is 2.84. The SMILES string of the molecule is Cc1cc(C)c(-c2cncnc2N[C@@H](Cc2ccc(OC(=O)N(C)C)cc2)C(=O)O)c(C)c1. The van der Waals surface area contributed by atoms with Crippen molar-refractivity contribution in [1.29, 1.82) is 0 Å². The number of nitrogens with zero attached hydrogens (tertiary/aromatic N) is 3. The lowest BCUT2D eigenvalue weighted by Gasteiger charge is -2.19. The van der Waals surface area contributed by atoms with Crippen molar-refractivity contribution in [1.82, 2.24) is 14.9 Å². The van der Waals surface area contributed by atoms with Crippen LogP contribution in [0, 0.1) is 20.8 Å². The summed E-state index contributed by atoms with van der Waals surface area (Å²) in [5.41, 5.74) is 5.81. The van der Waals surface area contributed by atoms with Gasteiger partial charge in [-0.1, -0.05) is 29.8 Å². The molecule has 0 fully saturated rings. The molecule has 2 aromatic carbocycles. The van der Waals surface area contributed by atoms with Gasteiger partial charge in [-0.15, -0.1) is 0 Å². The van der Waals surface area contributed by atoms with Crippen LogP contribution in [0.5, 0.6) is 5.75 Å². The molecule has 1 heterocycles. The molecule has 0 aliphatic carbocycles. The van der Waals surface area contributed by atoms with Gasteiger partial charge in [-0.25, -0.2) is 19.6 Å². The fourth-order valence-electron chi connectivity index (χ4n) is 3.72. The summed E-state index contributed by atoms with van der Waals surface area (Å²) < 4.78 is 5.21. The van der Waals surface area contributed by atoms with Crippen molar-refractivity contribution >= 4 is 17.9 Å². The first-order valence-corrected chi connectivity index (χ1v) is 10.5. The average molecular weight is 449 g/mol. The van der Waals surface area contributed by atoms with Crippen LogP contribution < -0.4 is 10.1 Å². The Bertz CT molecular complexity index is 1140. The third-order valence-electron chi connectivity index (χ3n) is 5.20. The van der Waals surface area contributed by atoms with Crippen molar-refractivity contribution in [2.75, 3.05) is 19.4 Å². The van der Waals surface area contributed by atoms with Crippen LogP contribution in [0.15, 0.2) is 48.9 Å². The molecule has 0 radical (unpaired) electrons. The topological polar surface area (TPSA) is 105 Å². The number of rotatable bonds is 7. The van der Waals surface area contributed by atoms with Crippen molar-refractivity contribution in [2.24, 2.45) is 0 Å². The van der Waals surface area contributed by atoms with Crippen LogP contribution in [-0.4, -0.2) is 52.2 Å². The second-order valence-electron chi connectivity index (χ2n) is 8.20. The van der Waals surface area contributed by atoms with Crippen LogP contribution in [0.25, 0.3) is 11.1 Å². The zero-order valence-electron chi connectivity index (χ0n) is 19.4. The summed E-state index contributed by atoms with van der Waals surface area (Å²) in [6.45, 7) is 6.08. The van der Waals surface area contributed by atoms with Crippen molar-refractivity contribution in [3.05, 3.63) is 71.2 Å². The van der Waals surface area contributed by atoms with Gasteiger partial charge in [0.25, 0.3) is 0 Å². The minimum Gasteiger partial charge on any atom is -0.480 e. The van der Waals surface area contributed by atoms with Crippen LogP contribution >= 0.6 is 0 Å². The average Bonchev–Trinajstić information content (AvgIpc) is 2.74. The van der Waals surface area contributed by atoms with Crippen LogP contribution in [0.4, 0.5) is 10.6 Å². The smallest absolute Gasteiger partial charge is 0.414 e. The molecular formula is C25H28N4O4. The molecule has 0 saturated carbocycles. The zero-order valence-corrected chi connectivity index (χ0v) is 19.4. The number of anilines is 1. The lowest BCUT2D eigenvalue weighted by Crippen LogP contribution is -2.32. The molecule has 0 unspecified atom stereocenters. The number of amides is 1. The minimum absolute atomic E-state index is 0.215. The maximum atomic E-state index is 12.0. The first kappa shape index (κ1) is 23.7. The largest absolute Gasteiger partial charge is 0.480 e. The van der Waals surface area contributed by atoms with Gasteiger partial charge in [-0.05, 0) is 55.2 Å². The van der Waals surface area contributed by atoms with E-state index < -0.39 is 18.1 Å². The molecule has 0 spiro atoms. The van der Waals surface area contributed by atoms with Gasteiger partial charge in [0.1, 0.15) is 23.9 Å². The number of carbonyl (C=O) groups is 2. The highest BCUT2D eigenvalue weighted by atomic mass is 16.6. The second-order valence-corrected chi connectivity index (χ2v) is 8.20. The molecule has 33 heavy (non-hydrogen) atoms. The summed E-state index contributed by atoms with van der Waals surface area (Å²) in [4.78, 5) is 33.6. The maximum Gasteiger partial charge on any atom is 0.414 e.